The van der Waals surface area contributed by atoms with E-state index in [0.717, 1.165) is 21.7 Å². The van der Waals surface area contributed by atoms with E-state index < -0.39 is 35.1 Å². The molecule has 0 radical (unpaired) electrons. The Morgan fingerprint density at radius 1 is 1.09 bits per heavy atom. The smallest absolute Gasteiger partial charge is 0.252 e. The number of hydrogen-bond donors (Lipinski definition) is 1. The van der Waals surface area contributed by atoms with Crippen LogP contribution in [0.1, 0.15) is 55.1 Å². The monoisotopic (exact) mass is 609 g/mol. The highest BCUT2D eigenvalue weighted by molar-refractivity contribution is 7.99. The van der Waals surface area contributed by atoms with Crippen LogP contribution in [0.25, 0.3) is 11.1 Å². The Labute approximate surface area is 250 Å². The minimum absolute atomic E-state index is 0.163. The van der Waals surface area contributed by atoms with E-state index in [1.54, 1.807) is 15.5 Å². The third-order valence-corrected chi connectivity index (χ3v) is 9.57. The molecule has 4 heterocycles. The highest BCUT2D eigenvalue weighted by atomic mass is 32.2. The number of halogens is 3. The van der Waals surface area contributed by atoms with E-state index in [9.17, 15) is 27.9 Å². The van der Waals surface area contributed by atoms with Gasteiger partial charge in [0.25, 0.3) is 5.56 Å². The van der Waals surface area contributed by atoms with Gasteiger partial charge in [-0.15, -0.1) is 16.9 Å². The molecule has 0 bridgehead atoms. The Hall–Kier alpha value is -3.90. The average molecular weight is 610 g/mol. The van der Waals surface area contributed by atoms with Crippen LogP contribution in [0, 0.1) is 24.4 Å². The molecular weight excluding hydrogens is 579 g/mol. The number of rotatable bonds is 5. The first-order valence-corrected chi connectivity index (χ1v) is 15.1. The van der Waals surface area contributed by atoms with Crippen molar-refractivity contribution in [3.05, 3.63) is 99.4 Å². The minimum atomic E-state index is -1.43. The molecule has 1 amide bonds. The summed E-state index contributed by atoms with van der Waals surface area (Å²) in [7, 11) is 0. The second kappa shape index (κ2) is 11.3. The van der Waals surface area contributed by atoms with E-state index in [0.29, 0.717) is 30.9 Å². The van der Waals surface area contributed by atoms with Gasteiger partial charge in [0.1, 0.15) is 34.8 Å². The lowest BCUT2D eigenvalue weighted by molar-refractivity contribution is -0.134. The molecule has 224 valence electrons. The maximum absolute atomic E-state index is 14.4. The number of aliphatic hydroxyl groups is 1. The van der Waals surface area contributed by atoms with Crippen molar-refractivity contribution in [1.82, 2.24) is 24.5 Å². The molecule has 2 aliphatic heterocycles. The molecule has 0 spiro atoms. The maximum atomic E-state index is 14.4. The number of thioether (sulfide) groups is 1. The summed E-state index contributed by atoms with van der Waals surface area (Å²) in [5.41, 5.74) is 0.996. The standard InChI is InChI=1S/C31H30F3N5O3S/c1-18-13-26(40)39-24(17-43-30(39)27(18)20-7-4-3-5-8-20)29(41)37-11-6-9-31(42,10-12-37)25-16-38(36-35-25)19(2)28-22(33)14-21(32)15-23(28)34/h3-5,7-8,13-16,19,24,42H,6,9-12,17H2,1-2H3/t19-,24?,31?/m1/s1. The van der Waals surface area contributed by atoms with E-state index in [-0.39, 0.29) is 42.1 Å². The quantitative estimate of drug-likeness (QED) is 0.343. The van der Waals surface area contributed by atoms with Crippen LogP contribution in [0.2, 0.25) is 0 Å². The maximum Gasteiger partial charge on any atom is 0.252 e. The van der Waals surface area contributed by atoms with Gasteiger partial charge in [0.2, 0.25) is 5.91 Å². The van der Waals surface area contributed by atoms with Crippen molar-refractivity contribution >= 4 is 17.7 Å². The topological polar surface area (TPSA) is 93.2 Å². The van der Waals surface area contributed by atoms with Crippen molar-refractivity contribution in [1.29, 1.82) is 0 Å². The summed E-state index contributed by atoms with van der Waals surface area (Å²) in [6.45, 7) is 4.01. The number of benzene rings is 2. The molecule has 1 saturated heterocycles. The highest BCUT2D eigenvalue weighted by Gasteiger charge is 2.40. The van der Waals surface area contributed by atoms with Gasteiger partial charge in [0, 0.05) is 48.2 Å². The molecule has 0 aliphatic carbocycles. The average Bonchev–Trinajstić information content (AvgIpc) is 3.59. The lowest BCUT2D eigenvalue weighted by Crippen LogP contribution is -2.41. The molecule has 2 unspecified atom stereocenters. The Morgan fingerprint density at radius 2 is 1.81 bits per heavy atom. The van der Waals surface area contributed by atoms with Gasteiger partial charge < -0.3 is 10.0 Å². The number of amides is 1. The molecule has 43 heavy (non-hydrogen) atoms. The molecule has 12 heteroatoms. The second-order valence-electron chi connectivity index (χ2n) is 11.2. The molecule has 1 N–H and O–H groups in total. The van der Waals surface area contributed by atoms with Crippen molar-refractivity contribution < 1.29 is 23.1 Å². The van der Waals surface area contributed by atoms with Gasteiger partial charge >= 0.3 is 0 Å². The fourth-order valence-corrected chi connectivity index (χ4v) is 7.48. The highest BCUT2D eigenvalue weighted by Crippen LogP contribution is 2.41. The van der Waals surface area contributed by atoms with Gasteiger partial charge in [-0.25, -0.2) is 17.9 Å². The van der Waals surface area contributed by atoms with Crippen LogP contribution >= 0.6 is 11.8 Å². The molecule has 4 aromatic rings. The first kappa shape index (κ1) is 29.2. The number of fused-ring (bicyclic) bond motifs is 1. The molecule has 1 fully saturated rings. The van der Waals surface area contributed by atoms with E-state index in [4.69, 9.17) is 0 Å². The van der Waals surface area contributed by atoms with Crippen molar-refractivity contribution in [2.45, 2.75) is 55.8 Å². The Morgan fingerprint density at radius 3 is 2.53 bits per heavy atom. The van der Waals surface area contributed by atoms with Crippen LogP contribution < -0.4 is 5.56 Å². The molecule has 8 nitrogen and oxygen atoms in total. The fraction of sp³-hybridized carbons (Fsp3) is 0.355. The van der Waals surface area contributed by atoms with Crippen LogP contribution in [-0.2, 0) is 10.4 Å². The Kier molecular flexibility index (Phi) is 7.67. The number of carbonyl (C=O) groups excluding carboxylic acids is 1. The van der Waals surface area contributed by atoms with E-state index in [1.807, 2.05) is 37.3 Å². The van der Waals surface area contributed by atoms with E-state index in [2.05, 4.69) is 10.3 Å². The molecular formula is C31H30F3N5O3S. The van der Waals surface area contributed by atoms with Gasteiger partial charge in [-0.3, -0.25) is 14.2 Å². The number of pyridine rings is 1. The van der Waals surface area contributed by atoms with Crippen LogP contribution in [0.4, 0.5) is 13.2 Å². The van der Waals surface area contributed by atoms with Crippen LogP contribution in [0.15, 0.2) is 64.5 Å². The number of aryl methyl sites for hydroxylation is 1. The van der Waals surface area contributed by atoms with Gasteiger partial charge in [0.15, 0.2) is 0 Å². The first-order valence-electron chi connectivity index (χ1n) is 14.1. The number of hydrogen-bond acceptors (Lipinski definition) is 6. The predicted molar refractivity (Wildman–Crippen MR) is 155 cm³/mol. The summed E-state index contributed by atoms with van der Waals surface area (Å²) in [6, 6.07) is 11.0. The first-order chi connectivity index (χ1) is 20.6. The van der Waals surface area contributed by atoms with Gasteiger partial charge in [-0.1, -0.05) is 35.5 Å². The molecule has 2 aliphatic rings. The summed E-state index contributed by atoms with van der Waals surface area (Å²) >= 11 is 1.50. The Bertz CT molecular complexity index is 1740. The summed E-state index contributed by atoms with van der Waals surface area (Å²) < 4.78 is 45.0. The van der Waals surface area contributed by atoms with E-state index >= 15 is 0 Å². The number of nitrogens with zero attached hydrogens (tertiary/aromatic N) is 5. The van der Waals surface area contributed by atoms with Crippen molar-refractivity contribution in [2.75, 3.05) is 18.8 Å². The molecule has 2 aromatic heterocycles. The van der Waals surface area contributed by atoms with Gasteiger partial charge in [-0.05, 0) is 44.2 Å². The van der Waals surface area contributed by atoms with Crippen molar-refractivity contribution in [3.8, 4) is 11.1 Å². The molecule has 6 rings (SSSR count). The van der Waals surface area contributed by atoms with Crippen molar-refractivity contribution in [2.24, 2.45) is 0 Å². The number of carbonyl (C=O) groups is 1. The zero-order valence-electron chi connectivity index (χ0n) is 23.6. The summed E-state index contributed by atoms with van der Waals surface area (Å²) in [4.78, 5) is 28.7. The second-order valence-corrected chi connectivity index (χ2v) is 12.2. The number of likely N-dealkylation sites (tertiary alicyclic amines) is 1. The fourth-order valence-electron chi connectivity index (χ4n) is 6.09. The van der Waals surface area contributed by atoms with Gasteiger partial charge in [-0.2, -0.15) is 0 Å². The van der Waals surface area contributed by atoms with Crippen LogP contribution in [0.3, 0.4) is 0 Å². The minimum Gasteiger partial charge on any atom is -0.383 e. The predicted octanol–water partition coefficient (Wildman–Crippen LogP) is 4.99. The van der Waals surface area contributed by atoms with Gasteiger partial charge in [0.05, 0.1) is 17.3 Å². The largest absolute Gasteiger partial charge is 0.383 e. The van der Waals surface area contributed by atoms with E-state index in [1.165, 1.54) is 29.6 Å². The summed E-state index contributed by atoms with van der Waals surface area (Å²) in [5, 5.41) is 20.5. The van der Waals surface area contributed by atoms with Crippen LogP contribution in [0.5, 0.6) is 0 Å². The third-order valence-electron chi connectivity index (χ3n) is 8.41. The molecule has 3 atom stereocenters. The lowest BCUT2D eigenvalue weighted by Gasteiger charge is -2.26. The Balaban J connectivity index is 1.21. The molecule has 0 saturated carbocycles. The normalized spacial score (nSPS) is 21.0. The third kappa shape index (κ3) is 5.27. The van der Waals surface area contributed by atoms with Crippen molar-refractivity contribution in [3.63, 3.8) is 0 Å². The zero-order valence-corrected chi connectivity index (χ0v) is 24.5. The molecule has 2 aromatic carbocycles. The zero-order chi connectivity index (χ0) is 30.5. The van der Waals surface area contributed by atoms with Crippen LogP contribution in [-0.4, -0.2) is 54.3 Å². The SMILES string of the molecule is Cc1cc(=O)n2c(c1-c1ccccc1)SCC2C(=O)N1CCCC(O)(c2cn([C@H](C)c3c(F)cc(F)cc3F)nn2)CC1. The lowest BCUT2D eigenvalue weighted by atomic mass is 9.92. The summed E-state index contributed by atoms with van der Waals surface area (Å²) in [6.07, 6.45) is 2.35. The summed E-state index contributed by atoms with van der Waals surface area (Å²) in [5.74, 6) is -2.85. The number of aromatic nitrogens is 4.